The topological polar surface area (TPSA) is 38.8 Å². The van der Waals surface area contributed by atoms with Gasteiger partial charge in [0.25, 0.3) is 0 Å². The number of hydrogen-bond acceptors (Lipinski definition) is 3. The van der Waals surface area contributed by atoms with Crippen LogP contribution in [-0.4, -0.2) is 60.6 Å². The number of piperazine rings is 1. The van der Waals surface area contributed by atoms with E-state index < -0.39 is 0 Å². The second-order valence-electron chi connectivity index (χ2n) is 7.75. The molecule has 0 saturated carbocycles. The number of urea groups is 1. The highest BCUT2D eigenvalue weighted by Crippen LogP contribution is 2.23. The highest BCUT2D eigenvalue weighted by Gasteiger charge is 2.27. The van der Waals surface area contributed by atoms with E-state index in [2.05, 4.69) is 68.8 Å². The van der Waals surface area contributed by atoms with Crippen LogP contribution in [0.1, 0.15) is 40.2 Å². The second-order valence-corrected chi connectivity index (χ2v) is 7.75. The minimum Gasteiger partial charge on any atom is -0.372 e. The van der Waals surface area contributed by atoms with Crippen LogP contribution in [0, 0.1) is 6.92 Å². The number of rotatable bonds is 4. The summed E-state index contributed by atoms with van der Waals surface area (Å²) in [5.74, 6) is 0. The number of nitrogens with one attached hydrogen (secondary N) is 1. The highest BCUT2D eigenvalue weighted by molar-refractivity contribution is 5.90. The minimum absolute atomic E-state index is 0.00671. The van der Waals surface area contributed by atoms with Crippen molar-refractivity contribution in [1.82, 2.24) is 9.80 Å². The van der Waals surface area contributed by atoms with E-state index in [1.807, 2.05) is 11.0 Å². The molecule has 0 radical (unpaired) electrons. The smallest absolute Gasteiger partial charge is 0.321 e. The molecule has 1 fully saturated rings. The first-order valence-electron chi connectivity index (χ1n) is 9.42. The van der Waals surface area contributed by atoms with E-state index in [-0.39, 0.29) is 11.6 Å². The molecule has 1 aromatic rings. The van der Waals surface area contributed by atoms with Gasteiger partial charge in [0, 0.05) is 56.2 Å². The summed E-state index contributed by atoms with van der Waals surface area (Å²) in [6.07, 6.45) is 0. The molecule has 25 heavy (non-hydrogen) atoms. The molecule has 0 atom stereocenters. The summed E-state index contributed by atoms with van der Waals surface area (Å²) in [6.45, 7) is 18.4. The Morgan fingerprint density at radius 3 is 2.20 bits per heavy atom. The Balaban J connectivity index is 1.97. The summed E-state index contributed by atoms with van der Waals surface area (Å²) in [6, 6.07) is 6.27. The third-order valence-corrected chi connectivity index (χ3v) is 5.10. The van der Waals surface area contributed by atoms with Crippen molar-refractivity contribution in [1.29, 1.82) is 0 Å². The van der Waals surface area contributed by atoms with E-state index in [4.69, 9.17) is 0 Å². The Bertz CT molecular complexity index is 582. The third kappa shape index (κ3) is 4.88. The number of amides is 2. The van der Waals surface area contributed by atoms with Gasteiger partial charge in [-0.25, -0.2) is 4.79 Å². The van der Waals surface area contributed by atoms with Crippen molar-refractivity contribution in [2.75, 3.05) is 49.5 Å². The first kappa shape index (κ1) is 19.6. The Kier molecular flexibility index (Phi) is 6.33. The lowest BCUT2D eigenvalue weighted by Gasteiger charge is -2.42. The van der Waals surface area contributed by atoms with Crippen LogP contribution >= 0.6 is 0 Å². The zero-order valence-corrected chi connectivity index (χ0v) is 16.7. The highest BCUT2D eigenvalue weighted by atomic mass is 16.2. The van der Waals surface area contributed by atoms with E-state index in [1.165, 1.54) is 5.69 Å². The molecule has 1 aliphatic rings. The molecule has 1 aromatic carbocycles. The summed E-state index contributed by atoms with van der Waals surface area (Å²) in [4.78, 5) is 19.3. The molecule has 0 bridgehead atoms. The molecule has 2 amide bonds. The molecule has 0 unspecified atom stereocenters. The largest absolute Gasteiger partial charge is 0.372 e. The maximum Gasteiger partial charge on any atom is 0.321 e. The van der Waals surface area contributed by atoms with Gasteiger partial charge in [0.1, 0.15) is 0 Å². The van der Waals surface area contributed by atoms with Crippen LogP contribution in [0.5, 0.6) is 0 Å². The SMILES string of the molecule is CCN(CC)c1ccc(NC(=O)N2CCN(C(C)(C)C)CC2)c(C)c1. The maximum atomic E-state index is 12.6. The van der Waals surface area contributed by atoms with Crippen LogP contribution in [0.2, 0.25) is 0 Å². The van der Waals surface area contributed by atoms with Gasteiger partial charge in [0.15, 0.2) is 0 Å². The van der Waals surface area contributed by atoms with E-state index >= 15 is 0 Å². The molecule has 0 aromatic heterocycles. The molecule has 0 aliphatic carbocycles. The lowest BCUT2D eigenvalue weighted by molar-refractivity contribution is 0.0774. The summed E-state index contributed by atoms with van der Waals surface area (Å²) >= 11 is 0. The second kappa shape index (κ2) is 8.09. The maximum absolute atomic E-state index is 12.6. The molecular weight excluding hydrogens is 312 g/mol. The normalized spacial score (nSPS) is 16.0. The van der Waals surface area contributed by atoms with Crippen LogP contribution in [-0.2, 0) is 0 Å². The van der Waals surface area contributed by atoms with Gasteiger partial charge in [-0.15, -0.1) is 0 Å². The quantitative estimate of drug-likeness (QED) is 0.901. The lowest BCUT2D eigenvalue weighted by Crippen LogP contribution is -2.55. The van der Waals surface area contributed by atoms with Gasteiger partial charge in [-0.1, -0.05) is 0 Å². The first-order valence-corrected chi connectivity index (χ1v) is 9.42. The molecule has 140 valence electrons. The van der Waals surface area contributed by atoms with E-state index in [1.54, 1.807) is 0 Å². The van der Waals surface area contributed by atoms with Crippen LogP contribution in [0.4, 0.5) is 16.2 Å². The number of nitrogens with zero attached hydrogens (tertiary/aromatic N) is 3. The predicted octanol–water partition coefficient (Wildman–Crippen LogP) is 3.79. The summed E-state index contributed by atoms with van der Waals surface area (Å²) < 4.78 is 0. The van der Waals surface area contributed by atoms with E-state index in [9.17, 15) is 4.79 Å². The fourth-order valence-electron chi connectivity index (χ4n) is 3.35. The molecule has 5 nitrogen and oxygen atoms in total. The zero-order valence-electron chi connectivity index (χ0n) is 16.7. The minimum atomic E-state index is 0.00671. The Labute approximate surface area is 153 Å². The van der Waals surface area contributed by atoms with Gasteiger partial charge >= 0.3 is 6.03 Å². The van der Waals surface area contributed by atoms with Gasteiger partial charge in [0.2, 0.25) is 0 Å². The molecule has 2 rings (SSSR count). The van der Waals surface area contributed by atoms with Gasteiger partial charge in [0.05, 0.1) is 0 Å². The molecule has 1 heterocycles. The van der Waals surface area contributed by atoms with Gasteiger partial charge < -0.3 is 15.1 Å². The van der Waals surface area contributed by atoms with Crippen molar-refractivity contribution in [2.45, 2.75) is 47.1 Å². The zero-order chi connectivity index (χ0) is 18.6. The van der Waals surface area contributed by atoms with Crippen molar-refractivity contribution in [2.24, 2.45) is 0 Å². The number of anilines is 2. The number of aryl methyl sites for hydroxylation is 1. The monoisotopic (exact) mass is 346 g/mol. The Morgan fingerprint density at radius 2 is 1.72 bits per heavy atom. The number of benzene rings is 1. The molecule has 1 aliphatic heterocycles. The standard InChI is InChI=1S/C20H34N4O/c1-7-22(8-2)17-9-10-18(16(3)15-17)21-19(25)23-11-13-24(14-12-23)20(4,5)6/h9-10,15H,7-8,11-14H2,1-6H3,(H,21,25). The molecule has 5 heteroatoms. The molecule has 1 saturated heterocycles. The number of hydrogen-bond donors (Lipinski definition) is 1. The summed E-state index contributed by atoms with van der Waals surface area (Å²) in [5.41, 5.74) is 3.38. The lowest BCUT2D eigenvalue weighted by atomic mass is 10.1. The predicted molar refractivity (Wildman–Crippen MR) is 107 cm³/mol. The molecular formula is C20H34N4O. The fraction of sp³-hybridized carbons (Fsp3) is 0.650. The van der Waals surface area contributed by atoms with Crippen LogP contribution in [0.3, 0.4) is 0 Å². The van der Waals surface area contributed by atoms with Gasteiger partial charge in [-0.2, -0.15) is 0 Å². The number of carbonyl (C=O) groups excluding carboxylic acids is 1. The van der Waals surface area contributed by atoms with Crippen molar-refractivity contribution in [3.63, 3.8) is 0 Å². The molecule has 0 spiro atoms. The van der Waals surface area contributed by atoms with E-state index in [0.717, 1.165) is 50.5 Å². The number of carbonyl (C=O) groups is 1. The average molecular weight is 347 g/mol. The summed E-state index contributed by atoms with van der Waals surface area (Å²) in [7, 11) is 0. The summed E-state index contributed by atoms with van der Waals surface area (Å²) in [5, 5.41) is 3.09. The van der Waals surface area contributed by atoms with Crippen molar-refractivity contribution >= 4 is 17.4 Å². The average Bonchev–Trinajstić information content (AvgIpc) is 2.57. The van der Waals surface area contributed by atoms with Gasteiger partial charge in [-0.3, -0.25) is 4.90 Å². The van der Waals surface area contributed by atoms with Crippen molar-refractivity contribution < 1.29 is 4.79 Å². The fourth-order valence-corrected chi connectivity index (χ4v) is 3.35. The first-order chi connectivity index (χ1) is 11.8. The molecule has 1 N–H and O–H groups in total. The van der Waals surface area contributed by atoms with Crippen molar-refractivity contribution in [3.8, 4) is 0 Å². The van der Waals surface area contributed by atoms with Gasteiger partial charge in [-0.05, 0) is 65.3 Å². The van der Waals surface area contributed by atoms with Crippen molar-refractivity contribution in [3.05, 3.63) is 23.8 Å². The van der Waals surface area contributed by atoms with E-state index in [0.29, 0.717) is 0 Å². The Hall–Kier alpha value is -1.75. The Morgan fingerprint density at radius 1 is 1.12 bits per heavy atom. The van der Waals surface area contributed by atoms with Crippen LogP contribution in [0.25, 0.3) is 0 Å². The van der Waals surface area contributed by atoms with Crippen LogP contribution in [0.15, 0.2) is 18.2 Å². The van der Waals surface area contributed by atoms with Crippen LogP contribution < -0.4 is 10.2 Å². The third-order valence-electron chi connectivity index (χ3n) is 5.10.